The molecule has 2 fully saturated rings. The lowest BCUT2D eigenvalue weighted by Gasteiger charge is -2.46. The molecule has 3 rings (SSSR count). The van der Waals surface area contributed by atoms with Crippen LogP contribution in [0.5, 0.6) is 0 Å². The Morgan fingerprint density at radius 1 is 1.16 bits per heavy atom. The number of thiophene rings is 1. The predicted octanol–water partition coefficient (Wildman–Crippen LogP) is 3.79. The molecular weight excluding hydrogens is 252 g/mol. The number of nitrogens with two attached hydrogens (primary N) is 1. The third kappa shape index (κ3) is 2.88. The van der Waals surface area contributed by atoms with Crippen LogP contribution in [0.1, 0.15) is 55.9 Å². The summed E-state index contributed by atoms with van der Waals surface area (Å²) in [6.07, 6.45) is 10.1. The first-order valence-corrected chi connectivity index (χ1v) is 8.68. The van der Waals surface area contributed by atoms with E-state index in [4.69, 9.17) is 5.73 Å². The molecule has 2 nitrogen and oxygen atoms in total. The highest BCUT2D eigenvalue weighted by atomic mass is 32.1. The summed E-state index contributed by atoms with van der Waals surface area (Å²) in [5.41, 5.74) is 6.73. The van der Waals surface area contributed by atoms with Crippen LogP contribution in [0.2, 0.25) is 0 Å². The van der Waals surface area contributed by atoms with Crippen molar-refractivity contribution in [3.05, 3.63) is 22.4 Å². The Kier molecular flexibility index (Phi) is 4.25. The van der Waals surface area contributed by atoms with Gasteiger partial charge in [0.15, 0.2) is 0 Å². The number of piperidine rings is 1. The Morgan fingerprint density at radius 2 is 1.89 bits per heavy atom. The average Bonchev–Trinajstić information content (AvgIpc) is 2.97. The van der Waals surface area contributed by atoms with E-state index in [1.165, 1.54) is 62.9 Å². The Morgan fingerprint density at radius 3 is 2.47 bits per heavy atom. The first kappa shape index (κ1) is 13.6. The molecule has 1 spiro atoms. The highest BCUT2D eigenvalue weighted by Crippen LogP contribution is 2.45. The van der Waals surface area contributed by atoms with Crippen LogP contribution in [0.25, 0.3) is 0 Å². The number of likely N-dealkylation sites (tertiary alicyclic amines) is 1. The first-order valence-electron chi connectivity index (χ1n) is 7.81. The molecule has 2 heterocycles. The highest BCUT2D eigenvalue weighted by Gasteiger charge is 2.37. The molecule has 2 aliphatic rings. The summed E-state index contributed by atoms with van der Waals surface area (Å²) in [6, 6.07) is 4.85. The highest BCUT2D eigenvalue weighted by molar-refractivity contribution is 7.10. The molecule has 1 saturated carbocycles. The second-order valence-electron chi connectivity index (χ2n) is 6.36. The van der Waals surface area contributed by atoms with Crippen LogP contribution in [-0.4, -0.2) is 24.5 Å². The van der Waals surface area contributed by atoms with E-state index in [9.17, 15) is 0 Å². The largest absolute Gasteiger partial charge is 0.329 e. The average molecular weight is 278 g/mol. The van der Waals surface area contributed by atoms with Gasteiger partial charge in [0.25, 0.3) is 0 Å². The molecule has 1 aromatic rings. The zero-order valence-corrected chi connectivity index (χ0v) is 12.6. The van der Waals surface area contributed by atoms with Crippen molar-refractivity contribution in [2.45, 2.75) is 51.0 Å². The summed E-state index contributed by atoms with van der Waals surface area (Å²) < 4.78 is 0. The number of nitrogens with zero attached hydrogens (tertiary/aromatic N) is 1. The van der Waals surface area contributed by atoms with Crippen molar-refractivity contribution >= 4 is 11.3 Å². The Hall–Kier alpha value is -0.380. The van der Waals surface area contributed by atoms with Crippen molar-refractivity contribution in [2.75, 3.05) is 19.6 Å². The van der Waals surface area contributed by atoms with E-state index < -0.39 is 0 Å². The maximum Gasteiger partial charge on any atom is 0.0564 e. The van der Waals surface area contributed by atoms with E-state index in [2.05, 4.69) is 22.4 Å². The van der Waals surface area contributed by atoms with Crippen LogP contribution in [0.3, 0.4) is 0 Å². The van der Waals surface area contributed by atoms with E-state index in [0.29, 0.717) is 11.5 Å². The van der Waals surface area contributed by atoms with Crippen molar-refractivity contribution in [3.63, 3.8) is 0 Å². The number of hydrogen-bond donors (Lipinski definition) is 1. The molecule has 1 aliphatic heterocycles. The smallest absolute Gasteiger partial charge is 0.0564 e. The Labute approximate surface area is 121 Å². The van der Waals surface area contributed by atoms with Crippen molar-refractivity contribution in [3.8, 4) is 0 Å². The SMILES string of the molecule is NCC(c1cccs1)N1CCC2(CCCCC2)CC1. The predicted molar refractivity (Wildman–Crippen MR) is 82.4 cm³/mol. The molecule has 106 valence electrons. The lowest BCUT2D eigenvalue weighted by molar-refractivity contribution is 0.0472. The molecule has 2 N–H and O–H groups in total. The van der Waals surface area contributed by atoms with Gasteiger partial charge < -0.3 is 5.73 Å². The molecule has 0 bridgehead atoms. The summed E-state index contributed by atoms with van der Waals surface area (Å²) in [5.74, 6) is 0. The molecule has 0 radical (unpaired) electrons. The van der Waals surface area contributed by atoms with Crippen LogP contribution in [0.4, 0.5) is 0 Å². The molecule has 0 amide bonds. The summed E-state index contributed by atoms with van der Waals surface area (Å²) >= 11 is 1.85. The molecule has 1 aliphatic carbocycles. The van der Waals surface area contributed by atoms with Gasteiger partial charge in [-0.1, -0.05) is 25.3 Å². The zero-order valence-electron chi connectivity index (χ0n) is 11.8. The van der Waals surface area contributed by atoms with Crippen LogP contribution < -0.4 is 5.73 Å². The van der Waals surface area contributed by atoms with Crippen LogP contribution in [0, 0.1) is 5.41 Å². The van der Waals surface area contributed by atoms with Gasteiger partial charge in [-0.05, 0) is 55.6 Å². The maximum absolute atomic E-state index is 6.03. The third-order valence-corrected chi connectivity index (χ3v) is 6.28. The minimum atomic E-state index is 0.459. The lowest BCUT2D eigenvalue weighted by Crippen LogP contribution is -2.44. The van der Waals surface area contributed by atoms with E-state index in [1.807, 2.05) is 11.3 Å². The molecule has 19 heavy (non-hydrogen) atoms. The molecule has 1 unspecified atom stereocenters. The van der Waals surface area contributed by atoms with Gasteiger partial charge in [-0.3, -0.25) is 4.90 Å². The van der Waals surface area contributed by atoms with E-state index in [-0.39, 0.29) is 0 Å². The second-order valence-corrected chi connectivity index (χ2v) is 7.34. The van der Waals surface area contributed by atoms with Gasteiger partial charge in [0.1, 0.15) is 0 Å². The number of rotatable bonds is 3. The molecular formula is C16H26N2S. The molecule has 3 heteroatoms. The van der Waals surface area contributed by atoms with Crippen molar-refractivity contribution in [2.24, 2.45) is 11.1 Å². The van der Waals surface area contributed by atoms with Crippen molar-refractivity contribution in [1.29, 1.82) is 0 Å². The summed E-state index contributed by atoms with van der Waals surface area (Å²) in [5, 5.41) is 2.17. The van der Waals surface area contributed by atoms with Crippen molar-refractivity contribution in [1.82, 2.24) is 4.90 Å². The summed E-state index contributed by atoms with van der Waals surface area (Å²) in [7, 11) is 0. The zero-order chi connectivity index (χ0) is 13.1. The van der Waals surface area contributed by atoms with Gasteiger partial charge in [-0.15, -0.1) is 11.3 Å². The van der Waals surface area contributed by atoms with E-state index >= 15 is 0 Å². The Balaban J connectivity index is 1.62. The number of hydrogen-bond acceptors (Lipinski definition) is 3. The van der Waals surface area contributed by atoms with Gasteiger partial charge in [0.05, 0.1) is 6.04 Å². The second kappa shape index (κ2) is 5.94. The van der Waals surface area contributed by atoms with Crippen LogP contribution in [-0.2, 0) is 0 Å². The normalized spacial score (nSPS) is 25.5. The molecule has 1 aromatic heterocycles. The lowest BCUT2D eigenvalue weighted by atomic mass is 9.68. The first-order chi connectivity index (χ1) is 9.33. The molecule has 1 atom stereocenters. The summed E-state index contributed by atoms with van der Waals surface area (Å²) in [4.78, 5) is 4.08. The van der Waals surface area contributed by atoms with Gasteiger partial charge in [-0.2, -0.15) is 0 Å². The van der Waals surface area contributed by atoms with Crippen LogP contribution in [0.15, 0.2) is 17.5 Å². The fraction of sp³-hybridized carbons (Fsp3) is 0.750. The summed E-state index contributed by atoms with van der Waals surface area (Å²) in [6.45, 7) is 3.26. The molecule has 0 aromatic carbocycles. The monoisotopic (exact) mass is 278 g/mol. The fourth-order valence-corrected chi connectivity index (χ4v) is 4.91. The van der Waals surface area contributed by atoms with Gasteiger partial charge in [0.2, 0.25) is 0 Å². The fourth-order valence-electron chi connectivity index (χ4n) is 4.04. The Bertz CT molecular complexity index is 371. The standard InChI is InChI=1S/C16H26N2S/c17-13-14(15-5-4-12-19-15)18-10-8-16(9-11-18)6-2-1-3-7-16/h4-5,12,14H,1-3,6-11,13,17H2. The van der Waals surface area contributed by atoms with Gasteiger partial charge in [0, 0.05) is 11.4 Å². The minimum absolute atomic E-state index is 0.459. The maximum atomic E-state index is 6.03. The third-order valence-electron chi connectivity index (χ3n) is 5.31. The van der Waals surface area contributed by atoms with E-state index in [0.717, 1.165) is 6.54 Å². The quantitative estimate of drug-likeness (QED) is 0.911. The van der Waals surface area contributed by atoms with Gasteiger partial charge >= 0.3 is 0 Å². The van der Waals surface area contributed by atoms with Gasteiger partial charge in [-0.25, -0.2) is 0 Å². The topological polar surface area (TPSA) is 29.3 Å². The van der Waals surface area contributed by atoms with E-state index in [1.54, 1.807) is 0 Å². The van der Waals surface area contributed by atoms with Crippen LogP contribution >= 0.6 is 11.3 Å². The molecule has 1 saturated heterocycles. The van der Waals surface area contributed by atoms with Crippen molar-refractivity contribution < 1.29 is 0 Å². The minimum Gasteiger partial charge on any atom is -0.329 e.